The summed E-state index contributed by atoms with van der Waals surface area (Å²) in [5.74, 6) is 1.91. The molecule has 0 fully saturated rings. The van der Waals surface area contributed by atoms with Gasteiger partial charge in [-0.3, -0.25) is 9.36 Å². The van der Waals surface area contributed by atoms with E-state index in [0.717, 1.165) is 16.5 Å². The van der Waals surface area contributed by atoms with Crippen LogP contribution in [-0.4, -0.2) is 32.5 Å². The number of nitrogens with zero attached hydrogens (tertiary/aromatic N) is 3. The zero-order chi connectivity index (χ0) is 23.5. The van der Waals surface area contributed by atoms with E-state index in [4.69, 9.17) is 9.47 Å². The van der Waals surface area contributed by atoms with Crippen LogP contribution in [0.3, 0.4) is 0 Å². The summed E-state index contributed by atoms with van der Waals surface area (Å²) >= 11 is 1.34. The molecule has 7 nitrogen and oxygen atoms in total. The molecule has 4 aromatic rings. The number of ether oxygens (including phenoxy) is 2. The zero-order valence-electron chi connectivity index (χ0n) is 18.7. The van der Waals surface area contributed by atoms with Crippen molar-refractivity contribution in [2.45, 2.75) is 30.0 Å². The van der Waals surface area contributed by atoms with E-state index >= 15 is 0 Å². The Kier molecular flexibility index (Phi) is 6.22. The number of carbonyl (C=O) groups is 1. The Bertz CT molecular complexity index is 1350. The number of fused-ring (bicyclic) bond motifs is 2. The molecule has 8 heteroatoms. The molecule has 5 rings (SSSR count). The summed E-state index contributed by atoms with van der Waals surface area (Å²) in [6.45, 7) is 6.53. The molecule has 2 atom stereocenters. The Morgan fingerprint density at radius 2 is 1.91 bits per heavy atom. The van der Waals surface area contributed by atoms with Crippen LogP contribution in [0.15, 0.2) is 84.5 Å². The normalized spacial score (nSPS) is 15.6. The molecule has 0 spiro atoms. The Hall–Kier alpha value is -3.78. The predicted molar refractivity (Wildman–Crippen MR) is 133 cm³/mol. The maximum absolute atomic E-state index is 12.9. The third kappa shape index (κ3) is 4.49. The predicted octanol–water partition coefficient (Wildman–Crippen LogP) is 5.25. The lowest BCUT2D eigenvalue weighted by atomic mass is 10.1. The molecule has 3 aromatic carbocycles. The molecule has 34 heavy (non-hydrogen) atoms. The number of allylic oxidation sites excluding steroid dienone is 1. The van der Waals surface area contributed by atoms with Crippen LogP contribution in [-0.2, 0) is 11.3 Å². The van der Waals surface area contributed by atoms with Crippen molar-refractivity contribution >= 4 is 34.1 Å². The fourth-order valence-electron chi connectivity index (χ4n) is 3.80. The van der Waals surface area contributed by atoms with Gasteiger partial charge in [-0.15, -0.1) is 16.8 Å². The van der Waals surface area contributed by atoms with E-state index in [2.05, 4.69) is 22.1 Å². The Morgan fingerprint density at radius 1 is 1.15 bits per heavy atom. The van der Waals surface area contributed by atoms with Gasteiger partial charge >= 0.3 is 0 Å². The van der Waals surface area contributed by atoms with Crippen molar-refractivity contribution in [2.24, 2.45) is 0 Å². The Morgan fingerprint density at radius 3 is 2.74 bits per heavy atom. The van der Waals surface area contributed by atoms with Crippen molar-refractivity contribution in [3.05, 3.63) is 85.2 Å². The molecule has 0 radical (unpaired) electrons. The highest BCUT2D eigenvalue weighted by molar-refractivity contribution is 8.00. The second-order valence-corrected chi connectivity index (χ2v) is 9.22. The van der Waals surface area contributed by atoms with Crippen molar-refractivity contribution < 1.29 is 14.3 Å². The minimum absolute atomic E-state index is 0.110. The second-order valence-electron chi connectivity index (χ2n) is 7.92. The summed E-state index contributed by atoms with van der Waals surface area (Å²) < 4.78 is 13.9. The van der Waals surface area contributed by atoms with Gasteiger partial charge in [-0.2, -0.15) is 0 Å². The molecule has 2 heterocycles. The monoisotopic (exact) mass is 472 g/mol. The van der Waals surface area contributed by atoms with Gasteiger partial charge in [0.05, 0.1) is 5.25 Å². The highest BCUT2D eigenvalue weighted by atomic mass is 32.2. The molecule has 0 saturated heterocycles. The zero-order valence-corrected chi connectivity index (χ0v) is 19.5. The Labute approximate surface area is 201 Å². The van der Waals surface area contributed by atoms with E-state index in [1.807, 2.05) is 78.2 Å². The molecule has 172 valence electrons. The largest absolute Gasteiger partial charge is 0.485 e. The number of rotatable bonds is 7. The smallest absolute Gasteiger partial charge is 0.237 e. The number of carbonyl (C=O) groups excluding carboxylic acids is 1. The summed E-state index contributed by atoms with van der Waals surface area (Å²) in [5, 5.41) is 14.2. The van der Waals surface area contributed by atoms with Gasteiger partial charge in [0, 0.05) is 12.2 Å². The number of amides is 1. The first-order valence-corrected chi connectivity index (χ1v) is 11.9. The maximum Gasteiger partial charge on any atom is 0.237 e. The summed E-state index contributed by atoms with van der Waals surface area (Å²) in [5.41, 5.74) is 0.760. The van der Waals surface area contributed by atoms with Crippen LogP contribution in [0.25, 0.3) is 10.8 Å². The number of benzene rings is 3. The van der Waals surface area contributed by atoms with Crippen LogP contribution in [0, 0.1) is 0 Å². The third-order valence-electron chi connectivity index (χ3n) is 5.52. The molecule has 0 saturated carbocycles. The molecule has 0 bridgehead atoms. The van der Waals surface area contributed by atoms with Crippen LogP contribution in [0.4, 0.5) is 5.69 Å². The lowest BCUT2D eigenvalue weighted by Crippen LogP contribution is -2.25. The minimum atomic E-state index is -0.404. The third-order valence-corrected chi connectivity index (χ3v) is 6.60. The van der Waals surface area contributed by atoms with Crippen molar-refractivity contribution in [1.82, 2.24) is 14.8 Å². The van der Waals surface area contributed by atoms with Gasteiger partial charge in [-0.1, -0.05) is 60.3 Å². The molecule has 1 N–H and O–H groups in total. The van der Waals surface area contributed by atoms with Crippen molar-refractivity contribution in [3.63, 3.8) is 0 Å². The summed E-state index contributed by atoms with van der Waals surface area (Å²) in [6.07, 6.45) is 1.37. The van der Waals surface area contributed by atoms with Gasteiger partial charge < -0.3 is 14.8 Å². The Balaban J connectivity index is 1.31. The SMILES string of the molecule is C=CCn1c(S[C@@H](C)C(=O)Nc2ccc3ccccc3c2)nnc1[C@H]1COc2ccccc2O1. The van der Waals surface area contributed by atoms with Gasteiger partial charge in [0.1, 0.15) is 6.61 Å². The van der Waals surface area contributed by atoms with Gasteiger partial charge in [-0.05, 0) is 42.0 Å². The van der Waals surface area contributed by atoms with E-state index in [1.54, 1.807) is 6.08 Å². The maximum atomic E-state index is 12.9. The molecule has 0 unspecified atom stereocenters. The first-order valence-electron chi connectivity index (χ1n) is 11.0. The number of para-hydroxylation sites is 2. The van der Waals surface area contributed by atoms with Gasteiger partial charge in [0.15, 0.2) is 28.6 Å². The summed E-state index contributed by atoms with van der Waals surface area (Å²) in [6, 6.07) is 21.5. The number of anilines is 1. The molecule has 0 aliphatic carbocycles. The number of nitrogens with one attached hydrogen (secondary N) is 1. The highest BCUT2D eigenvalue weighted by Crippen LogP contribution is 2.36. The number of aromatic nitrogens is 3. The van der Waals surface area contributed by atoms with Crippen LogP contribution < -0.4 is 14.8 Å². The first-order chi connectivity index (χ1) is 16.6. The van der Waals surface area contributed by atoms with Crippen molar-refractivity contribution in [1.29, 1.82) is 0 Å². The van der Waals surface area contributed by atoms with Crippen LogP contribution in [0.1, 0.15) is 18.9 Å². The van der Waals surface area contributed by atoms with Crippen LogP contribution in [0.2, 0.25) is 0 Å². The highest BCUT2D eigenvalue weighted by Gasteiger charge is 2.29. The van der Waals surface area contributed by atoms with Gasteiger partial charge in [0.25, 0.3) is 0 Å². The molecular weight excluding hydrogens is 448 g/mol. The van der Waals surface area contributed by atoms with Crippen LogP contribution >= 0.6 is 11.8 Å². The van der Waals surface area contributed by atoms with E-state index in [-0.39, 0.29) is 5.91 Å². The number of hydrogen-bond acceptors (Lipinski definition) is 6. The number of thioether (sulfide) groups is 1. The quantitative estimate of drug-likeness (QED) is 0.292. The first kappa shape index (κ1) is 22.0. The van der Waals surface area contributed by atoms with Crippen LogP contribution in [0.5, 0.6) is 11.5 Å². The van der Waals surface area contributed by atoms with Crippen molar-refractivity contribution in [2.75, 3.05) is 11.9 Å². The topological polar surface area (TPSA) is 78.3 Å². The van der Waals surface area contributed by atoms with Gasteiger partial charge in [-0.25, -0.2) is 0 Å². The van der Waals surface area contributed by atoms with E-state index in [0.29, 0.717) is 35.6 Å². The van der Waals surface area contributed by atoms with Gasteiger partial charge in [0.2, 0.25) is 5.91 Å². The summed E-state index contributed by atoms with van der Waals surface area (Å²) in [4.78, 5) is 12.9. The average Bonchev–Trinajstić information content (AvgIpc) is 3.25. The minimum Gasteiger partial charge on any atom is -0.485 e. The molecule has 1 amide bonds. The molecule has 1 aromatic heterocycles. The molecular formula is C26H24N4O3S. The lowest BCUT2D eigenvalue weighted by molar-refractivity contribution is -0.115. The standard InChI is InChI=1S/C26H24N4O3S/c1-3-14-30-24(23-16-32-21-10-6-7-11-22(21)33-23)28-29-26(30)34-17(2)25(31)27-20-13-12-18-8-4-5-9-19(18)15-20/h3-13,15,17,23H,1,14,16H2,2H3,(H,27,31)/t17-,23+/m0/s1. The summed E-state index contributed by atoms with van der Waals surface area (Å²) in [7, 11) is 0. The van der Waals surface area contributed by atoms with Crippen molar-refractivity contribution in [3.8, 4) is 11.5 Å². The van der Waals surface area contributed by atoms with E-state index < -0.39 is 11.4 Å². The molecule has 1 aliphatic heterocycles. The average molecular weight is 473 g/mol. The number of hydrogen-bond donors (Lipinski definition) is 1. The van der Waals surface area contributed by atoms with E-state index in [1.165, 1.54) is 11.8 Å². The molecule has 1 aliphatic rings. The van der Waals surface area contributed by atoms with E-state index in [9.17, 15) is 4.79 Å². The fourth-order valence-corrected chi connectivity index (χ4v) is 4.66. The fraction of sp³-hybridized carbons (Fsp3) is 0.192. The lowest BCUT2D eigenvalue weighted by Gasteiger charge is -2.26. The second kappa shape index (κ2) is 9.61.